The predicted molar refractivity (Wildman–Crippen MR) is 139 cm³/mol. The molecule has 1 aliphatic heterocycles. The molecule has 0 aliphatic carbocycles. The lowest BCUT2D eigenvalue weighted by Crippen LogP contribution is -2.29. The van der Waals surface area contributed by atoms with Gasteiger partial charge in [-0.2, -0.15) is 0 Å². The number of hydrogen-bond donors (Lipinski definition) is 1. The highest BCUT2D eigenvalue weighted by atomic mass is 35.5. The number of ether oxygens (including phenoxy) is 3. The summed E-state index contributed by atoms with van der Waals surface area (Å²) in [5, 5.41) is 11.6. The van der Waals surface area contributed by atoms with E-state index in [2.05, 4.69) is 0 Å². The van der Waals surface area contributed by atoms with E-state index in [0.717, 1.165) is 0 Å². The van der Waals surface area contributed by atoms with Crippen molar-refractivity contribution in [2.45, 2.75) is 6.04 Å². The molecule has 1 aliphatic rings. The van der Waals surface area contributed by atoms with E-state index >= 15 is 0 Å². The lowest BCUT2D eigenvalue weighted by Gasteiger charge is -2.26. The van der Waals surface area contributed by atoms with Crippen LogP contribution in [0.5, 0.6) is 11.5 Å². The molecule has 10 heteroatoms. The summed E-state index contributed by atoms with van der Waals surface area (Å²) in [6.45, 7) is 0. The lowest BCUT2D eigenvalue weighted by atomic mass is 9.95. The van der Waals surface area contributed by atoms with E-state index in [1.165, 1.54) is 50.5 Å². The number of hydrogen-bond acceptors (Lipinski definition) is 7. The molecule has 1 unspecified atom stereocenters. The van der Waals surface area contributed by atoms with E-state index in [1.54, 1.807) is 36.4 Å². The summed E-state index contributed by atoms with van der Waals surface area (Å²) < 4.78 is 15.3. The summed E-state index contributed by atoms with van der Waals surface area (Å²) in [7, 11) is 4.11. The maximum atomic E-state index is 13.4. The third-order valence-corrected chi connectivity index (χ3v) is 6.44. The first-order valence-electron chi connectivity index (χ1n) is 10.9. The number of anilines is 1. The number of aliphatic hydroxyl groups is 1. The molecule has 4 rings (SSSR count). The topological polar surface area (TPSA) is 102 Å². The molecule has 0 radical (unpaired) electrons. The van der Waals surface area contributed by atoms with Crippen LogP contribution >= 0.6 is 23.2 Å². The molecule has 1 atom stereocenters. The normalized spacial score (nSPS) is 16.6. The summed E-state index contributed by atoms with van der Waals surface area (Å²) >= 11 is 12.5. The number of aliphatic hydroxyl groups excluding tert-OH is 1. The third-order valence-electron chi connectivity index (χ3n) is 5.88. The first kappa shape index (κ1) is 26.1. The highest BCUT2D eigenvalue weighted by Crippen LogP contribution is 2.44. The van der Waals surface area contributed by atoms with Gasteiger partial charge < -0.3 is 19.3 Å². The molecule has 0 bridgehead atoms. The van der Waals surface area contributed by atoms with Crippen LogP contribution in [-0.4, -0.2) is 44.1 Å². The van der Waals surface area contributed by atoms with Crippen LogP contribution in [0.15, 0.2) is 66.2 Å². The molecule has 37 heavy (non-hydrogen) atoms. The fourth-order valence-electron chi connectivity index (χ4n) is 4.17. The zero-order chi connectivity index (χ0) is 26.9. The second kappa shape index (κ2) is 10.5. The van der Waals surface area contributed by atoms with E-state index in [0.29, 0.717) is 11.3 Å². The quantitative estimate of drug-likeness (QED) is 0.192. The van der Waals surface area contributed by atoms with Gasteiger partial charge in [0.25, 0.3) is 11.7 Å². The third kappa shape index (κ3) is 4.73. The van der Waals surface area contributed by atoms with Crippen LogP contribution in [0, 0.1) is 0 Å². The van der Waals surface area contributed by atoms with Crippen molar-refractivity contribution in [2.75, 3.05) is 26.2 Å². The van der Waals surface area contributed by atoms with Crippen LogP contribution in [0.3, 0.4) is 0 Å². The van der Waals surface area contributed by atoms with Crippen molar-refractivity contribution in [3.8, 4) is 11.5 Å². The molecule has 1 N–H and O–H groups in total. The first-order chi connectivity index (χ1) is 17.7. The standard InChI is InChI=1S/C27H21Cl2NO7/c1-35-18-9-5-6-14(11-18)22-21(23(31)16-12-19(28)25(36-2)20(29)13-16)24(32)26(33)30(22)17-8-4-7-15(10-17)27(34)37-3/h4-13,22,31H,1-3H3/b23-21+. The van der Waals surface area contributed by atoms with Gasteiger partial charge in [-0.15, -0.1) is 0 Å². The largest absolute Gasteiger partial charge is 0.507 e. The number of carbonyl (C=O) groups is 3. The Kier molecular flexibility index (Phi) is 7.42. The van der Waals surface area contributed by atoms with E-state index in [1.807, 2.05) is 0 Å². The van der Waals surface area contributed by atoms with E-state index in [-0.39, 0.29) is 38.2 Å². The molecule has 1 fully saturated rings. The molecule has 1 saturated heterocycles. The predicted octanol–water partition coefficient (Wildman–Crippen LogP) is 5.42. The average Bonchev–Trinajstić information content (AvgIpc) is 3.17. The van der Waals surface area contributed by atoms with Gasteiger partial charge in [-0.1, -0.05) is 41.4 Å². The number of methoxy groups -OCH3 is 3. The number of benzene rings is 3. The molecule has 1 amide bonds. The summed E-state index contributed by atoms with van der Waals surface area (Å²) in [6, 6.07) is 14.5. The minimum atomic E-state index is -1.07. The van der Waals surface area contributed by atoms with Crippen molar-refractivity contribution in [3.63, 3.8) is 0 Å². The van der Waals surface area contributed by atoms with Crippen LogP contribution in [0.4, 0.5) is 5.69 Å². The zero-order valence-electron chi connectivity index (χ0n) is 20.0. The van der Waals surface area contributed by atoms with Gasteiger partial charge in [0.1, 0.15) is 11.5 Å². The zero-order valence-corrected chi connectivity index (χ0v) is 21.5. The number of amides is 1. The minimum absolute atomic E-state index is 0.106. The summed E-state index contributed by atoms with van der Waals surface area (Å²) in [5.41, 5.74) is 0.834. The van der Waals surface area contributed by atoms with Gasteiger partial charge in [-0.3, -0.25) is 14.5 Å². The molecule has 3 aromatic carbocycles. The molecule has 1 heterocycles. The molecular formula is C27H21Cl2NO7. The first-order valence-corrected chi connectivity index (χ1v) is 11.6. The fourth-order valence-corrected chi connectivity index (χ4v) is 4.81. The molecule has 3 aromatic rings. The number of carbonyl (C=O) groups excluding carboxylic acids is 3. The Hall–Kier alpha value is -4.01. The maximum absolute atomic E-state index is 13.4. The second-order valence-corrected chi connectivity index (χ2v) is 8.78. The van der Waals surface area contributed by atoms with Gasteiger partial charge in [0, 0.05) is 11.3 Å². The average molecular weight is 542 g/mol. The summed E-state index contributed by atoms with van der Waals surface area (Å²) in [4.78, 5) is 40.1. The Morgan fingerprint density at radius 1 is 0.892 bits per heavy atom. The van der Waals surface area contributed by atoms with Crippen LogP contribution in [0.2, 0.25) is 10.0 Å². The molecular weight excluding hydrogens is 521 g/mol. The fraction of sp³-hybridized carbons (Fsp3) is 0.148. The van der Waals surface area contributed by atoms with Crippen molar-refractivity contribution >= 4 is 52.3 Å². The van der Waals surface area contributed by atoms with E-state index in [9.17, 15) is 19.5 Å². The summed E-state index contributed by atoms with van der Waals surface area (Å²) in [6.07, 6.45) is 0. The van der Waals surface area contributed by atoms with Gasteiger partial charge in [0.2, 0.25) is 0 Å². The van der Waals surface area contributed by atoms with Crippen LogP contribution in [0.1, 0.15) is 27.5 Å². The maximum Gasteiger partial charge on any atom is 0.337 e. The second-order valence-electron chi connectivity index (χ2n) is 7.96. The molecule has 0 saturated carbocycles. The van der Waals surface area contributed by atoms with Gasteiger partial charge >= 0.3 is 5.97 Å². The van der Waals surface area contributed by atoms with Crippen molar-refractivity contribution < 1.29 is 33.7 Å². The number of rotatable bonds is 6. The highest BCUT2D eigenvalue weighted by Gasteiger charge is 2.47. The smallest absolute Gasteiger partial charge is 0.337 e. The Morgan fingerprint density at radius 3 is 2.19 bits per heavy atom. The molecule has 8 nitrogen and oxygen atoms in total. The number of ketones is 1. The van der Waals surface area contributed by atoms with Crippen molar-refractivity contribution in [2.24, 2.45) is 0 Å². The number of Topliss-reactive ketones (excluding diaryl/α,β-unsaturated/α-hetero) is 1. The van der Waals surface area contributed by atoms with Crippen molar-refractivity contribution in [1.29, 1.82) is 0 Å². The summed E-state index contributed by atoms with van der Waals surface area (Å²) in [5.74, 6) is -2.26. The Morgan fingerprint density at radius 2 is 1.57 bits per heavy atom. The van der Waals surface area contributed by atoms with E-state index < -0.39 is 29.5 Å². The minimum Gasteiger partial charge on any atom is -0.507 e. The molecule has 0 aromatic heterocycles. The number of halogens is 2. The van der Waals surface area contributed by atoms with Gasteiger partial charge in [0.05, 0.1) is 48.6 Å². The van der Waals surface area contributed by atoms with Crippen LogP contribution < -0.4 is 14.4 Å². The highest BCUT2D eigenvalue weighted by molar-refractivity contribution is 6.52. The van der Waals surface area contributed by atoms with Gasteiger partial charge in [-0.25, -0.2) is 4.79 Å². The Bertz CT molecular complexity index is 1430. The van der Waals surface area contributed by atoms with Crippen LogP contribution in [0.25, 0.3) is 5.76 Å². The number of esters is 1. The van der Waals surface area contributed by atoms with Gasteiger partial charge in [-0.05, 0) is 48.0 Å². The molecule has 190 valence electrons. The van der Waals surface area contributed by atoms with E-state index in [4.69, 9.17) is 37.4 Å². The Balaban J connectivity index is 1.97. The Labute approximate surface area is 222 Å². The SMILES string of the molecule is COC(=O)c1cccc(N2C(=O)C(=O)/C(=C(/O)c3cc(Cl)c(OC)c(Cl)c3)C2c2cccc(OC)c2)c1. The van der Waals surface area contributed by atoms with Crippen LogP contribution in [-0.2, 0) is 14.3 Å². The van der Waals surface area contributed by atoms with Gasteiger partial charge in [0.15, 0.2) is 5.75 Å². The lowest BCUT2D eigenvalue weighted by molar-refractivity contribution is -0.132. The van der Waals surface area contributed by atoms with Crippen molar-refractivity contribution in [3.05, 3.63) is 93.0 Å². The molecule has 0 spiro atoms. The van der Waals surface area contributed by atoms with Crippen molar-refractivity contribution in [1.82, 2.24) is 0 Å². The monoisotopic (exact) mass is 541 g/mol. The number of nitrogens with zero attached hydrogens (tertiary/aromatic N) is 1.